The van der Waals surface area contributed by atoms with Crippen LogP contribution in [0.5, 0.6) is 0 Å². The summed E-state index contributed by atoms with van der Waals surface area (Å²) in [6.45, 7) is 12.0. The van der Waals surface area contributed by atoms with E-state index >= 15 is 0 Å². The van der Waals surface area contributed by atoms with Gasteiger partial charge in [-0.15, -0.1) is 0 Å². The molecule has 0 bridgehead atoms. The second-order valence-corrected chi connectivity index (χ2v) is 7.75. The number of hydrogen-bond donors (Lipinski definition) is 1. The first kappa shape index (κ1) is 21.5. The fourth-order valence-electron chi connectivity index (χ4n) is 3.85. The van der Waals surface area contributed by atoms with Crippen molar-refractivity contribution in [2.75, 3.05) is 13.2 Å². The van der Waals surface area contributed by atoms with Gasteiger partial charge in [-0.1, -0.05) is 32.9 Å². The van der Waals surface area contributed by atoms with E-state index in [2.05, 4.69) is 25.9 Å². The minimum atomic E-state index is -1.46. The van der Waals surface area contributed by atoms with Crippen LogP contribution in [-0.2, 0) is 19.1 Å². The molecular formula is C19H33NO5. The van der Waals surface area contributed by atoms with Crippen molar-refractivity contribution in [3.8, 4) is 0 Å². The van der Waals surface area contributed by atoms with Crippen molar-refractivity contribution in [2.24, 2.45) is 27.8 Å². The van der Waals surface area contributed by atoms with Gasteiger partial charge in [0.05, 0.1) is 18.9 Å². The predicted octanol–water partition coefficient (Wildman–Crippen LogP) is 3.80. The third kappa shape index (κ3) is 4.33. The van der Waals surface area contributed by atoms with Crippen LogP contribution in [0, 0.1) is 22.7 Å². The summed E-state index contributed by atoms with van der Waals surface area (Å²) in [5.41, 5.74) is -0.942. The molecule has 0 unspecified atom stereocenters. The van der Waals surface area contributed by atoms with Crippen molar-refractivity contribution in [3.63, 3.8) is 0 Å². The highest BCUT2D eigenvalue weighted by Gasteiger charge is 2.57. The molecule has 6 heteroatoms. The molecule has 144 valence electrons. The average molecular weight is 355 g/mol. The quantitative estimate of drug-likeness (QED) is 0.339. The minimum Gasteiger partial charge on any atom is -0.465 e. The number of esters is 2. The Morgan fingerprint density at radius 2 is 1.64 bits per heavy atom. The fourth-order valence-corrected chi connectivity index (χ4v) is 3.85. The molecule has 0 saturated heterocycles. The minimum absolute atomic E-state index is 0.0298. The SMILES string of the molecule is CCOC(=O)C(CC)(C(=O)OCC)[C@H]1C[C@H](C(C)(C)C)CC/C1=N\O. The molecule has 1 aliphatic rings. The summed E-state index contributed by atoms with van der Waals surface area (Å²) in [4.78, 5) is 25.7. The zero-order valence-corrected chi connectivity index (χ0v) is 16.4. The number of oxime groups is 1. The van der Waals surface area contributed by atoms with Gasteiger partial charge in [0.2, 0.25) is 0 Å². The van der Waals surface area contributed by atoms with Crippen molar-refractivity contribution < 1.29 is 24.3 Å². The molecule has 0 heterocycles. The van der Waals surface area contributed by atoms with Crippen LogP contribution >= 0.6 is 0 Å². The summed E-state index contributed by atoms with van der Waals surface area (Å²) in [5, 5.41) is 13.0. The van der Waals surface area contributed by atoms with Gasteiger partial charge >= 0.3 is 11.9 Å². The highest BCUT2D eigenvalue weighted by Crippen LogP contribution is 2.48. The monoisotopic (exact) mass is 355 g/mol. The van der Waals surface area contributed by atoms with Crippen LogP contribution in [0.2, 0.25) is 0 Å². The highest BCUT2D eigenvalue weighted by atomic mass is 16.6. The normalized spacial score (nSPS) is 23.4. The molecule has 0 aromatic heterocycles. The van der Waals surface area contributed by atoms with Crippen LogP contribution in [0.4, 0.5) is 0 Å². The number of carbonyl (C=O) groups excluding carboxylic acids is 2. The Morgan fingerprint density at radius 1 is 1.12 bits per heavy atom. The smallest absolute Gasteiger partial charge is 0.324 e. The molecule has 2 atom stereocenters. The summed E-state index contributed by atoms with van der Waals surface area (Å²) in [7, 11) is 0. The van der Waals surface area contributed by atoms with E-state index in [1.54, 1.807) is 20.8 Å². The molecule has 1 rings (SSSR count). The second kappa shape index (κ2) is 8.68. The number of ether oxygens (including phenoxy) is 2. The zero-order chi connectivity index (χ0) is 19.3. The number of carbonyl (C=O) groups is 2. The second-order valence-electron chi connectivity index (χ2n) is 7.75. The van der Waals surface area contributed by atoms with Gasteiger partial charge in [0.15, 0.2) is 5.41 Å². The van der Waals surface area contributed by atoms with Gasteiger partial charge in [-0.25, -0.2) is 0 Å². The topological polar surface area (TPSA) is 85.2 Å². The van der Waals surface area contributed by atoms with E-state index in [1.165, 1.54) is 0 Å². The molecule has 0 amide bonds. The largest absolute Gasteiger partial charge is 0.465 e. The van der Waals surface area contributed by atoms with Gasteiger partial charge in [-0.2, -0.15) is 0 Å². The van der Waals surface area contributed by atoms with Gasteiger partial charge < -0.3 is 14.7 Å². The first-order valence-electron chi connectivity index (χ1n) is 9.24. The molecule has 0 aromatic rings. The van der Waals surface area contributed by atoms with E-state index in [0.717, 1.165) is 6.42 Å². The van der Waals surface area contributed by atoms with Crippen LogP contribution in [0.3, 0.4) is 0 Å². The van der Waals surface area contributed by atoms with Crippen molar-refractivity contribution >= 4 is 17.7 Å². The Balaban J connectivity index is 3.41. The summed E-state index contributed by atoms with van der Waals surface area (Å²) >= 11 is 0. The van der Waals surface area contributed by atoms with Crippen LogP contribution in [-0.4, -0.2) is 36.1 Å². The van der Waals surface area contributed by atoms with Crippen molar-refractivity contribution in [1.29, 1.82) is 0 Å². The molecule has 0 radical (unpaired) electrons. The molecule has 25 heavy (non-hydrogen) atoms. The van der Waals surface area contributed by atoms with Crippen molar-refractivity contribution in [2.45, 2.75) is 67.2 Å². The lowest BCUT2D eigenvalue weighted by molar-refractivity contribution is -0.176. The maximum absolute atomic E-state index is 12.9. The van der Waals surface area contributed by atoms with E-state index in [4.69, 9.17) is 9.47 Å². The number of hydrogen-bond acceptors (Lipinski definition) is 6. The molecule has 0 aliphatic heterocycles. The van der Waals surface area contributed by atoms with Crippen LogP contribution < -0.4 is 0 Å². The van der Waals surface area contributed by atoms with Gasteiger partial charge in [0.25, 0.3) is 0 Å². The van der Waals surface area contributed by atoms with Gasteiger partial charge in [-0.05, 0) is 50.9 Å². The van der Waals surface area contributed by atoms with Crippen molar-refractivity contribution in [3.05, 3.63) is 0 Å². The zero-order valence-electron chi connectivity index (χ0n) is 16.4. The Labute approximate surface area is 150 Å². The number of nitrogens with zero attached hydrogens (tertiary/aromatic N) is 1. The van der Waals surface area contributed by atoms with Gasteiger partial charge in [0.1, 0.15) is 0 Å². The Hall–Kier alpha value is -1.59. The van der Waals surface area contributed by atoms with E-state index in [1.807, 2.05) is 0 Å². The van der Waals surface area contributed by atoms with Crippen LogP contribution in [0.25, 0.3) is 0 Å². The third-order valence-electron chi connectivity index (χ3n) is 5.46. The van der Waals surface area contributed by atoms with Gasteiger partial charge in [-0.3, -0.25) is 9.59 Å². The average Bonchev–Trinajstić information content (AvgIpc) is 2.55. The predicted molar refractivity (Wildman–Crippen MR) is 95.5 cm³/mol. The van der Waals surface area contributed by atoms with E-state index < -0.39 is 23.3 Å². The summed E-state index contributed by atoms with van der Waals surface area (Å²) in [6.07, 6.45) is 2.26. The lowest BCUT2D eigenvalue weighted by atomic mass is 9.60. The highest BCUT2D eigenvalue weighted by molar-refractivity contribution is 6.06. The molecule has 0 aromatic carbocycles. The van der Waals surface area contributed by atoms with Crippen molar-refractivity contribution in [1.82, 2.24) is 0 Å². The van der Waals surface area contributed by atoms with E-state index in [9.17, 15) is 14.8 Å². The molecule has 1 N–H and O–H groups in total. The molecule has 1 saturated carbocycles. The first-order valence-corrected chi connectivity index (χ1v) is 9.24. The molecule has 1 fully saturated rings. The Bertz CT molecular complexity index is 488. The number of rotatable bonds is 6. The maximum Gasteiger partial charge on any atom is 0.324 e. The van der Waals surface area contributed by atoms with E-state index in [-0.39, 0.29) is 25.0 Å². The molecule has 1 aliphatic carbocycles. The molecule has 0 spiro atoms. The molecule has 6 nitrogen and oxygen atoms in total. The van der Waals surface area contributed by atoms with Crippen LogP contribution in [0.15, 0.2) is 5.16 Å². The Kier molecular flexibility index (Phi) is 7.44. The standard InChI is InChI=1S/C19H33NO5/c1-7-19(16(21)24-8-2,17(22)25-9-3)14-12-13(18(4,5)6)10-11-15(14)20-23/h13-14,23H,7-12H2,1-6H3/b20-15+/t13-,14+/m1/s1. The summed E-state index contributed by atoms with van der Waals surface area (Å²) in [5.74, 6) is -1.38. The Morgan fingerprint density at radius 3 is 2.00 bits per heavy atom. The summed E-state index contributed by atoms with van der Waals surface area (Å²) < 4.78 is 10.5. The molecular weight excluding hydrogens is 322 g/mol. The van der Waals surface area contributed by atoms with Gasteiger partial charge in [0, 0.05) is 5.92 Å². The van der Waals surface area contributed by atoms with Crippen LogP contribution in [0.1, 0.15) is 67.2 Å². The maximum atomic E-state index is 12.9. The third-order valence-corrected chi connectivity index (χ3v) is 5.46. The van der Waals surface area contributed by atoms with E-state index in [0.29, 0.717) is 24.5 Å². The first-order chi connectivity index (χ1) is 11.7. The fraction of sp³-hybridized carbons (Fsp3) is 0.842. The lowest BCUT2D eigenvalue weighted by Crippen LogP contribution is -2.52. The lowest BCUT2D eigenvalue weighted by Gasteiger charge is -2.44. The summed E-state index contributed by atoms with van der Waals surface area (Å²) in [6, 6.07) is 0.